The Labute approximate surface area is 147 Å². The van der Waals surface area contributed by atoms with E-state index in [2.05, 4.69) is 20.9 Å². The molecule has 124 valence electrons. The fourth-order valence-electron chi connectivity index (χ4n) is 2.75. The molecule has 0 atom stereocenters. The van der Waals surface area contributed by atoms with Crippen LogP contribution in [0.5, 0.6) is 0 Å². The summed E-state index contributed by atoms with van der Waals surface area (Å²) in [5, 5.41) is 8.74. The highest BCUT2D eigenvalue weighted by Gasteiger charge is 2.27. The summed E-state index contributed by atoms with van der Waals surface area (Å²) in [6.07, 6.45) is 1.70. The van der Waals surface area contributed by atoms with Crippen LogP contribution in [0.1, 0.15) is 12.5 Å². The van der Waals surface area contributed by atoms with Gasteiger partial charge in [-0.25, -0.2) is 4.98 Å². The van der Waals surface area contributed by atoms with Crippen molar-refractivity contribution in [1.82, 2.24) is 4.98 Å². The van der Waals surface area contributed by atoms with Gasteiger partial charge in [0.15, 0.2) is 0 Å². The average molecular weight is 350 g/mol. The van der Waals surface area contributed by atoms with Crippen LogP contribution < -0.4 is 16.0 Å². The lowest BCUT2D eigenvalue weighted by molar-refractivity contribution is -0.114. The van der Waals surface area contributed by atoms with Gasteiger partial charge in [-0.2, -0.15) is 0 Å². The second-order valence-corrected chi connectivity index (χ2v) is 6.46. The maximum Gasteiger partial charge on any atom is 0.257 e. The topological polar surface area (TPSA) is 83.1 Å². The Bertz CT molecular complexity index is 1020. The number of fused-ring (bicyclic) bond motifs is 3. The normalized spacial score (nSPS) is 14.4. The van der Waals surface area contributed by atoms with Crippen LogP contribution in [-0.4, -0.2) is 16.8 Å². The van der Waals surface area contributed by atoms with Gasteiger partial charge in [0.05, 0.1) is 27.0 Å². The maximum absolute atomic E-state index is 12.3. The lowest BCUT2D eigenvalue weighted by Crippen LogP contribution is -2.06. The summed E-state index contributed by atoms with van der Waals surface area (Å²) in [5.41, 5.74) is 6.46. The Morgan fingerprint density at radius 2 is 1.92 bits per heavy atom. The van der Waals surface area contributed by atoms with Crippen molar-refractivity contribution in [2.45, 2.75) is 6.92 Å². The van der Waals surface area contributed by atoms with Gasteiger partial charge in [0.2, 0.25) is 5.91 Å². The van der Waals surface area contributed by atoms with Crippen molar-refractivity contribution in [3.63, 3.8) is 0 Å². The van der Waals surface area contributed by atoms with E-state index < -0.39 is 0 Å². The monoisotopic (exact) mass is 350 g/mol. The van der Waals surface area contributed by atoms with Crippen LogP contribution in [0.15, 0.2) is 48.1 Å². The van der Waals surface area contributed by atoms with Crippen molar-refractivity contribution in [3.8, 4) is 0 Å². The summed E-state index contributed by atoms with van der Waals surface area (Å²) in [5.74, 6) is -0.256. The number of nitrogens with one attached hydrogen (secondary N) is 3. The number of carbonyl (C=O) groups excluding carboxylic acids is 2. The Morgan fingerprint density at radius 1 is 1.16 bits per heavy atom. The van der Waals surface area contributed by atoms with Gasteiger partial charge in [-0.1, -0.05) is 0 Å². The number of hydrogen-bond acceptors (Lipinski definition) is 5. The Balaban J connectivity index is 1.63. The molecule has 0 unspecified atom stereocenters. The first-order chi connectivity index (χ1) is 12.1. The number of benzene rings is 2. The fraction of sp³-hybridized carbons (Fsp3) is 0.0556. The van der Waals surface area contributed by atoms with E-state index in [9.17, 15) is 9.59 Å². The van der Waals surface area contributed by atoms with Crippen molar-refractivity contribution in [2.75, 3.05) is 16.0 Å². The Hall–Kier alpha value is -3.19. The highest BCUT2D eigenvalue weighted by Crippen LogP contribution is 2.39. The predicted molar refractivity (Wildman–Crippen MR) is 101 cm³/mol. The van der Waals surface area contributed by atoms with E-state index in [-0.39, 0.29) is 11.8 Å². The number of aromatic nitrogens is 1. The van der Waals surface area contributed by atoms with E-state index in [1.165, 1.54) is 18.3 Å². The van der Waals surface area contributed by atoms with Crippen molar-refractivity contribution >= 4 is 56.0 Å². The molecule has 2 aromatic carbocycles. The average Bonchev–Trinajstić information content (AvgIpc) is 3.17. The van der Waals surface area contributed by atoms with Gasteiger partial charge in [-0.05, 0) is 36.4 Å². The molecular formula is C18H14N4O2S. The maximum atomic E-state index is 12.3. The molecule has 2 heterocycles. The molecule has 7 heteroatoms. The molecule has 0 radical (unpaired) electrons. The van der Waals surface area contributed by atoms with Crippen molar-refractivity contribution in [1.29, 1.82) is 0 Å². The Kier molecular flexibility index (Phi) is 3.70. The molecule has 3 N–H and O–H groups in total. The number of nitrogens with zero attached hydrogens (tertiary/aromatic N) is 1. The number of hydrogen-bond donors (Lipinski definition) is 3. The van der Waals surface area contributed by atoms with Gasteiger partial charge < -0.3 is 16.0 Å². The van der Waals surface area contributed by atoms with Gasteiger partial charge in [-0.3, -0.25) is 9.59 Å². The number of carbonyl (C=O) groups is 2. The molecule has 0 aliphatic carbocycles. The number of rotatable bonds is 3. The highest BCUT2D eigenvalue weighted by molar-refractivity contribution is 7.17. The predicted octanol–water partition coefficient (Wildman–Crippen LogP) is 3.66. The lowest BCUT2D eigenvalue weighted by Gasteiger charge is -2.05. The minimum atomic E-state index is -0.140. The van der Waals surface area contributed by atoms with E-state index in [0.717, 1.165) is 32.8 Å². The summed E-state index contributed by atoms with van der Waals surface area (Å²) in [6, 6.07) is 11.0. The third kappa shape index (κ3) is 2.85. The van der Waals surface area contributed by atoms with Crippen LogP contribution >= 0.6 is 11.3 Å². The SMILES string of the molecule is CC(=O)Nc1ccc(N/C=C2\C(=O)Nc3ccc4ncsc4c32)cc1. The van der Waals surface area contributed by atoms with Gasteiger partial charge in [0.25, 0.3) is 5.91 Å². The van der Waals surface area contributed by atoms with Crippen LogP contribution in [0.3, 0.4) is 0 Å². The minimum Gasteiger partial charge on any atom is -0.361 e. The first kappa shape index (κ1) is 15.3. The smallest absolute Gasteiger partial charge is 0.257 e. The molecule has 0 bridgehead atoms. The zero-order valence-electron chi connectivity index (χ0n) is 13.3. The second kappa shape index (κ2) is 6.03. The van der Waals surface area contributed by atoms with E-state index in [1.54, 1.807) is 23.8 Å². The van der Waals surface area contributed by atoms with Crippen LogP contribution in [0.25, 0.3) is 15.8 Å². The zero-order valence-corrected chi connectivity index (χ0v) is 14.1. The first-order valence-electron chi connectivity index (χ1n) is 7.64. The van der Waals surface area contributed by atoms with E-state index in [4.69, 9.17) is 0 Å². The Morgan fingerprint density at radius 3 is 2.68 bits per heavy atom. The van der Waals surface area contributed by atoms with Crippen LogP contribution in [0, 0.1) is 0 Å². The quantitative estimate of drug-likeness (QED) is 0.630. The number of amides is 2. The minimum absolute atomic E-state index is 0.115. The highest BCUT2D eigenvalue weighted by atomic mass is 32.1. The molecule has 0 fully saturated rings. The van der Waals surface area contributed by atoms with Crippen molar-refractivity contribution in [2.24, 2.45) is 0 Å². The van der Waals surface area contributed by atoms with Gasteiger partial charge in [0, 0.05) is 30.1 Å². The van der Waals surface area contributed by atoms with Gasteiger partial charge >= 0.3 is 0 Å². The second-order valence-electron chi connectivity index (χ2n) is 5.60. The van der Waals surface area contributed by atoms with Gasteiger partial charge in [0.1, 0.15) is 0 Å². The molecule has 1 aliphatic heterocycles. The molecule has 0 saturated heterocycles. The summed E-state index contributed by atoms with van der Waals surface area (Å²) in [7, 11) is 0. The molecular weight excluding hydrogens is 336 g/mol. The van der Waals surface area contributed by atoms with Crippen LogP contribution in [0.2, 0.25) is 0 Å². The number of anilines is 3. The largest absolute Gasteiger partial charge is 0.361 e. The molecule has 1 aliphatic rings. The molecule has 1 aromatic heterocycles. The van der Waals surface area contributed by atoms with Crippen LogP contribution in [-0.2, 0) is 9.59 Å². The lowest BCUT2D eigenvalue weighted by atomic mass is 10.1. The zero-order chi connectivity index (χ0) is 17.4. The molecule has 0 saturated carbocycles. The van der Waals surface area contributed by atoms with E-state index >= 15 is 0 Å². The molecule has 3 aromatic rings. The molecule has 2 amide bonds. The van der Waals surface area contributed by atoms with Crippen molar-refractivity contribution < 1.29 is 9.59 Å². The summed E-state index contributed by atoms with van der Waals surface area (Å²) in [4.78, 5) is 27.7. The summed E-state index contributed by atoms with van der Waals surface area (Å²) < 4.78 is 0.991. The van der Waals surface area contributed by atoms with Gasteiger partial charge in [-0.15, -0.1) is 11.3 Å². The third-order valence-corrected chi connectivity index (χ3v) is 4.71. The molecule has 0 spiro atoms. The molecule has 6 nitrogen and oxygen atoms in total. The van der Waals surface area contributed by atoms with E-state index in [1.807, 2.05) is 24.3 Å². The standard InChI is InChI=1S/C18H14N4O2S/c1-10(23)21-12-4-2-11(3-5-12)19-8-13-16-14(22-18(13)24)6-7-15-17(16)25-9-20-15/h2-9,19H,1H3,(H,21,23)(H,22,24)/b13-8-. The molecule has 4 rings (SSSR count). The summed E-state index contributed by atoms with van der Waals surface area (Å²) >= 11 is 1.52. The summed E-state index contributed by atoms with van der Waals surface area (Å²) in [6.45, 7) is 1.47. The fourth-order valence-corrected chi connectivity index (χ4v) is 3.60. The van der Waals surface area contributed by atoms with Crippen molar-refractivity contribution in [3.05, 3.63) is 53.7 Å². The third-order valence-electron chi connectivity index (χ3n) is 3.85. The van der Waals surface area contributed by atoms with Crippen LogP contribution in [0.4, 0.5) is 17.1 Å². The van der Waals surface area contributed by atoms with E-state index in [0.29, 0.717) is 5.57 Å². The molecule has 25 heavy (non-hydrogen) atoms. The number of thiazole rings is 1. The first-order valence-corrected chi connectivity index (χ1v) is 8.52.